The minimum Gasteiger partial charge on any atom is -0.459 e. The van der Waals surface area contributed by atoms with Crippen LogP contribution in [-0.4, -0.2) is 35.0 Å². The molecule has 3 rings (SSSR count). The quantitative estimate of drug-likeness (QED) is 0.482. The fourth-order valence-corrected chi connectivity index (χ4v) is 3.93. The van der Waals surface area contributed by atoms with Gasteiger partial charge in [-0.2, -0.15) is 0 Å². The van der Waals surface area contributed by atoms with Gasteiger partial charge in [0, 0.05) is 18.8 Å². The van der Waals surface area contributed by atoms with E-state index >= 15 is 0 Å². The number of carbonyl (C=O) groups is 2. The highest BCUT2D eigenvalue weighted by Gasteiger charge is 2.39. The Morgan fingerprint density at radius 2 is 2.04 bits per heavy atom. The van der Waals surface area contributed by atoms with Crippen molar-refractivity contribution in [3.05, 3.63) is 51.2 Å². The zero-order valence-corrected chi connectivity index (χ0v) is 16.3. The summed E-state index contributed by atoms with van der Waals surface area (Å²) < 4.78 is 5.76. The van der Waals surface area contributed by atoms with Crippen LogP contribution in [0, 0.1) is 16.0 Å². The number of para-hydroxylation sites is 1. The summed E-state index contributed by atoms with van der Waals surface area (Å²) in [6.07, 6.45) is 3.55. The lowest BCUT2D eigenvalue weighted by molar-refractivity contribution is -0.385. The van der Waals surface area contributed by atoms with Crippen molar-refractivity contribution in [2.45, 2.75) is 51.7 Å². The van der Waals surface area contributed by atoms with Crippen LogP contribution in [0.3, 0.4) is 0 Å². The van der Waals surface area contributed by atoms with Crippen molar-refractivity contribution < 1.29 is 19.2 Å². The molecule has 0 bridgehead atoms. The number of nitrogens with zero attached hydrogens (tertiary/aromatic N) is 2. The van der Waals surface area contributed by atoms with Gasteiger partial charge in [-0.15, -0.1) is 0 Å². The van der Waals surface area contributed by atoms with Crippen molar-refractivity contribution in [2.24, 2.45) is 5.92 Å². The maximum absolute atomic E-state index is 13.1. The Kier molecular flexibility index (Phi) is 5.67. The minimum atomic E-state index is -0.932. The highest BCUT2D eigenvalue weighted by Crippen LogP contribution is 2.36. The van der Waals surface area contributed by atoms with E-state index in [0.717, 1.165) is 25.7 Å². The van der Waals surface area contributed by atoms with Gasteiger partial charge in [0.15, 0.2) is 0 Å². The Morgan fingerprint density at radius 1 is 1.32 bits per heavy atom. The molecule has 1 heterocycles. The number of amides is 2. The second-order valence-electron chi connectivity index (χ2n) is 7.56. The van der Waals surface area contributed by atoms with Gasteiger partial charge in [0.05, 0.1) is 22.1 Å². The van der Waals surface area contributed by atoms with Crippen LogP contribution in [0.1, 0.15) is 51.1 Å². The molecule has 1 fully saturated rings. The number of hydrogen-bond donors (Lipinski definition) is 1. The second-order valence-corrected chi connectivity index (χ2v) is 7.56. The number of allylic oxidation sites excluding steroid dienone is 1. The number of benzene rings is 1. The molecule has 1 saturated carbocycles. The van der Waals surface area contributed by atoms with Crippen LogP contribution < -0.4 is 5.32 Å². The summed E-state index contributed by atoms with van der Waals surface area (Å²) in [6.45, 7) is 3.79. The fourth-order valence-electron chi connectivity index (χ4n) is 3.93. The summed E-state index contributed by atoms with van der Waals surface area (Å²) in [7, 11) is 1.55. The Labute approximate surface area is 163 Å². The van der Waals surface area contributed by atoms with Crippen LogP contribution in [0.4, 0.5) is 10.5 Å². The highest BCUT2D eigenvalue weighted by molar-refractivity contribution is 5.95. The average Bonchev–Trinajstić information content (AvgIpc) is 2.65. The van der Waals surface area contributed by atoms with Gasteiger partial charge in [0.1, 0.15) is 6.10 Å². The third-order valence-electron chi connectivity index (χ3n) is 5.58. The van der Waals surface area contributed by atoms with E-state index in [0.29, 0.717) is 11.6 Å². The van der Waals surface area contributed by atoms with Gasteiger partial charge in [0.25, 0.3) is 5.69 Å². The number of nitrogens with one attached hydrogen (secondary N) is 1. The van der Waals surface area contributed by atoms with Crippen molar-refractivity contribution in [1.82, 2.24) is 10.2 Å². The Balaban J connectivity index is 1.98. The number of urea groups is 1. The molecule has 150 valence electrons. The van der Waals surface area contributed by atoms with Crippen LogP contribution in [0.5, 0.6) is 0 Å². The summed E-state index contributed by atoms with van der Waals surface area (Å²) >= 11 is 0. The minimum absolute atomic E-state index is 0.151. The van der Waals surface area contributed by atoms with Gasteiger partial charge in [-0.1, -0.05) is 25.5 Å². The Hall–Kier alpha value is -2.90. The van der Waals surface area contributed by atoms with E-state index in [4.69, 9.17) is 4.74 Å². The van der Waals surface area contributed by atoms with E-state index in [1.807, 2.05) is 0 Å². The maximum atomic E-state index is 13.1. The lowest BCUT2D eigenvalue weighted by Crippen LogP contribution is -2.46. The SMILES string of the molecule is CC1=C(C(=O)O[C@@H]2CCC[C@@H](C)C2)[C@@H](c2ccccc2[N+](=O)[O-])NC(=O)N1C. The van der Waals surface area contributed by atoms with Crippen molar-refractivity contribution in [3.63, 3.8) is 0 Å². The molecule has 28 heavy (non-hydrogen) atoms. The average molecular weight is 387 g/mol. The summed E-state index contributed by atoms with van der Waals surface area (Å²) in [5.41, 5.74) is 0.773. The standard InChI is InChI=1S/C20H25N3O5/c1-12-7-6-8-14(11-12)28-19(24)17-13(2)22(3)20(25)21-18(17)15-9-4-5-10-16(15)23(26)27/h4-5,9-10,12,14,18H,6-8,11H2,1-3H3,(H,21,25)/t12-,14-,18-/m1/s1. The van der Waals surface area contributed by atoms with E-state index in [1.165, 1.54) is 11.0 Å². The topological polar surface area (TPSA) is 102 Å². The molecule has 2 aliphatic rings. The monoisotopic (exact) mass is 387 g/mol. The van der Waals surface area contributed by atoms with Gasteiger partial charge in [-0.05, 0) is 38.2 Å². The number of ether oxygens (including phenoxy) is 1. The number of esters is 1. The molecule has 3 atom stereocenters. The largest absolute Gasteiger partial charge is 0.459 e. The summed E-state index contributed by atoms with van der Waals surface area (Å²) in [4.78, 5) is 37.7. The number of nitro benzene ring substituents is 1. The van der Waals surface area contributed by atoms with E-state index in [2.05, 4.69) is 12.2 Å². The molecular weight excluding hydrogens is 362 g/mol. The molecule has 0 spiro atoms. The molecule has 1 aliphatic heterocycles. The second kappa shape index (κ2) is 8.00. The summed E-state index contributed by atoms with van der Waals surface area (Å²) in [6, 6.07) is 4.75. The van der Waals surface area contributed by atoms with Crippen LogP contribution in [0.15, 0.2) is 35.5 Å². The lowest BCUT2D eigenvalue weighted by Gasteiger charge is -2.34. The van der Waals surface area contributed by atoms with Crippen molar-refractivity contribution >= 4 is 17.7 Å². The number of rotatable bonds is 4. The van der Waals surface area contributed by atoms with E-state index in [9.17, 15) is 19.7 Å². The third kappa shape index (κ3) is 3.85. The highest BCUT2D eigenvalue weighted by atomic mass is 16.6. The van der Waals surface area contributed by atoms with Crippen LogP contribution in [0.25, 0.3) is 0 Å². The Morgan fingerprint density at radius 3 is 2.71 bits per heavy atom. The molecule has 0 saturated heterocycles. The Bertz CT molecular complexity index is 835. The first-order valence-electron chi connectivity index (χ1n) is 9.48. The zero-order chi connectivity index (χ0) is 20.4. The molecule has 0 radical (unpaired) electrons. The number of carbonyl (C=O) groups excluding carboxylic acids is 2. The van der Waals surface area contributed by atoms with Crippen LogP contribution in [0.2, 0.25) is 0 Å². The van der Waals surface area contributed by atoms with E-state index in [-0.39, 0.29) is 22.9 Å². The molecule has 1 aromatic carbocycles. The van der Waals surface area contributed by atoms with Crippen molar-refractivity contribution in [1.29, 1.82) is 0 Å². The van der Waals surface area contributed by atoms with Gasteiger partial charge in [-0.3, -0.25) is 10.1 Å². The van der Waals surface area contributed by atoms with Crippen molar-refractivity contribution in [3.8, 4) is 0 Å². The molecule has 0 aromatic heterocycles. The predicted octanol–water partition coefficient (Wildman–Crippen LogP) is 3.69. The van der Waals surface area contributed by atoms with E-state index < -0.39 is 23.0 Å². The lowest BCUT2D eigenvalue weighted by atomic mass is 9.88. The van der Waals surface area contributed by atoms with Gasteiger partial charge in [0.2, 0.25) is 0 Å². The fraction of sp³-hybridized carbons (Fsp3) is 0.500. The van der Waals surface area contributed by atoms with Crippen LogP contribution >= 0.6 is 0 Å². The summed E-state index contributed by atoms with van der Waals surface area (Å²) in [5.74, 6) is -0.0482. The zero-order valence-electron chi connectivity index (χ0n) is 16.3. The molecule has 8 heteroatoms. The van der Waals surface area contributed by atoms with Gasteiger partial charge < -0.3 is 15.0 Å². The van der Waals surface area contributed by atoms with Crippen LogP contribution in [-0.2, 0) is 9.53 Å². The third-order valence-corrected chi connectivity index (χ3v) is 5.58. The predicted molar refractivity (Wildman–Crippen MR) is 102 cm³/mol. The molecule has 1 aromatic rings. The number of nitro groups is 1. The normalized spacial score (nSPS) is 25.3. The smallest absolute Gasteiger partial charge is 0.338 e. The van der Waals surface area contributed by atoms with E-state index in [1.54, 1.807) is 32.2 Å². The van der Waals surface area contributed by atoms with Gasteiger partial charge in [-0.25, -0.2) is 9.59 Å². The van der Waals surface area contributed by atoms with Crippen molar-refractivity contribution in [2.75, 3.05) is 7.05 Å². The molecule has 1 aliphatic carbocycles. The first kappa shape index (κ1) is 19.9. The van der Waals surface area contributed by atoms with Gasteiger partial charge >= 0.3 is 12.0 Å². The first-order valence-corrected chi connectivity index (χ1v) is 9.48. The molecule has 2 amide bonds. The molecule has 0 unspecified atom stereocenters. The molecule has 8 nitrogen and oxygen atoms in total. The number of hydrogen-bond acceptors (Lipinski definition) is 5. The first-order chi connectivity index (χ1) is 13.3. The molecule has 1 N–H and O–H groups in total. The maximum Gasteiger partial charge on any atom is 0.338 e. The summed E-state index contributed by atoms with van der Waals surface area (Å²) in [5, 5.41) is 14.2. The molecular formula is C20H25N3O5.